The molecule has 0 aliphatic carbocycles. The minimum absolute atomic E-state index is 0.196. The van der Waals surface area contributed by atoms with Crippen molar-refractivity contribution in [2.75, 3.05) is 12.3 Å². The maximum Gasteiger partial charge on any atom is 0.0437 e. The van der Waals surface area contributed by atoms with Gasteiger partial charge in [0.15, 0.2) is 0 Å². The van der Waals surface area contributed by atoms with Crippen LogP contribution < -0.4 is 5.32 Å². The van der Waals surface area contributed by atoms with Crippen LogP contribution in [0.4, 0.5) is 0 Å². The SMILES string of the molecule is CCCNC(CS(=O)C(C)C)c1cc(C)cc(C)c1. The molecule has 108 valence electrons. The highest BCUT2D eigenvalue weighted by Crippen LogP contribution is 2.19. The molecule has 1 aromatic rings. The molecule has 0 aromatic heterocycles. The summed E-state index contributed by atoms with van der Waals surface area (Å²) in [6, 6.07) is 6.79. The zero-order valence-corrected chi connectivity index (χ0v) is 13.6. The van der Waals surface area contributed by atoms with E-state index in [2.05, 4.69) is 44.3 Å². The van der Waals surface area contributed by atoms with Crippen molar-refractivity contribution >= 4 is 10.8 Å². The molecule has 0 bridgehead atoms. The second kappa shape index (κ2) is 7.81. The van der Waals surface area contributed by atoms with Gasteiger partial charge in [-0.2, -0.15) is 0 Å². The van der Waals surface area contributed by atoms with E-state index in [1.54, 1.807) is 0 Å². The molecule has 0 spiro atoms. The molecule has 19 heavy (non-hydrogen) atoms. The molecule has 2 nitrogen and oxygen atoms in total. The van der Waals surface area contributed by atoms with Crippen LogP contribution in [0.1, 0.15) is 49.9 Å². The maximum absolute atomic E-state index is 12.1. The third kappa shape index (κ3) is 5.45. The Balaban J connectivity index is 2.91. The topological polar surface area (TPSA) is 29.1 Å². The van der Waals surface area contributed by atoms with E-state index < -0.39 is 10.8 Å². The molecule has 0 aliphatic heterocycles. The Kier molecular flexibility index (Phi) is 6.73. The second-order valence-electron chi connectivity index (χ2n) is 5.52. The number of benzene rings is 1. The summed E-state index contributed by atoms with van der Waals surface area (Å²) < 4.78 is 12.1. The normalized spacial score (nSPS) is 14.6. The van der Waals surface area contributed by atoms with Gasteiger partial charge < -0.3 is 5.32 Å². The van der Waals surface area contributed by atoms with Crippen molar-refractivity contribution in [2.45, 2.75) is 52.3 Å². The number of hydrogen-bond acceptors (Lipinski definition) is 2. The predicted molar refractivity (Wildman–Crippen MR) is 85.1 cm³/mol. The molecule has 0 amide bonds. The summed E-state index contributed by atoms with van der Waals surface area (Å²) in [6.07, 6.45) is 1.09. The van der Waals surface area contributed by atoms with Gasteiger partial charge in [-0.3, -0.25) is 4.21 Å². The third-order valence-electron chi connectivity index (χ3n) is 3.14. The molecule has 3 heteroatoms. The summed E-state index contributed by atoms with van der Waals surface area (Å²) in [7, 11) is -0.782. The lowest BCUT2D eigenvalue weighted by Gasteiger charge is -2.21. The number of aryl methyl sites for hydroxylation is 2. The van der Waals surface area contributed by atoms with Gasteiger partial charge >= 0.3 is 0 Å². The van der Waals surface area contributed by atoms with Gasteiger partial charge in [0.05, 0.1) is 0 Å². The Morgan fingerprint density at radius 2 is 1.74 bits per heavy atom. The van der Waals surface area contributed by atoms with Gasteiger partial charge in [-0.1, -0.05) is 50.1 Å². The van der Waals surface area contributed by atoms with Crippen LogP contribution in [0, 0.1) is 13.8 Å². The van der Waals surface area contributed by atoms with E-state index in [-0.39, 0.29) is 11.3 Å². The molecule has 0 saturated carbocycles. The second-order valence-corrected chi connectivity index (χ2v) is 7.56. The molecular formula is C16H27NOS. The molecule has 0 radical (unpaired) electrons. The molecular weight excluding hydrogens is 254 g/mol. The minimum Gasteiger partial charge on any atom is -0.309 e. The van der Waals surface area contributed by atoms with Crippen LogP contribution in [0.2, 0.25) is 0 Å². The van der Waals surface area contributed by atoms with E-state index in [1.165, 1.54) is 16.7 Å². The van der Waals surface area contributed by atoms with Crippen molar-refractivity contribution in [3.8, 4) is 0 Å². The Hall–Kier alpha value is -0.670. The van der Waals surface area contributed by atoms with Crippen LogP contribution >= 0.6 is 0 Å². The molecule has 1 rings (SSSR count). The van der Waals surface area contributed by atoms with Crippen LogP contribution in [0.5, 0.6) is 0 Å². The highest BCUT2D eigenvalue weighted by Gasteiger charge is 2.16. The summed E-state index contributed by atoms with van der Waals surface area (Å²) in [5.74, 6) is 0.695. The fraction of sp³-hybridized carbons (Fsp3) is 0.625. The van der Waals surface area contributed by atoms with Gasteiger partial charge in [-0.05, 0) is 32.4 Å². The smallest absolute Gasteiger partial charge is 0.0437 e. The highest BCUT2D eigenvalue weighted by atomic mass is 32.2. The lowest BCUT2D eigenvalue weighted by Crippen LogP contribution is -2.29. The summed E-state index contributed by atoms with van der Waals surface area (Å²) >= 11 is 0. The van der Waals surface area contributed by atoms with E-state index in [1.807, 2.05) is 13.8 Å². The molecule has 2 atom stereocenters. The van der Waals surface area contributed by atoms with E-state index in [9.17, 15) is 4.21 Å². The molecule has 0 aliphatic rings. The summed E-state index contributed by atoms with van der Waals surface area (Å²) in [5, 5.41) is 3.75. The predicted octanol–water partition coefficient (Wildman–Crippen LogP) is 3.50. The van der Waals surface area contributed by atoms with Gasteiger partial charge in [-0.15, -0.1) is 0 Å². The largest absolute Gasteiger partial charge is 0.309 e. The number of rotatable bonds is 7. The lowest BCUT2D eigenvalue weighted by molar-refractivity contribution is 0.567. The van der Waals surface area contributed by atoms with Crippen molar-refractivity contribution in [1.82, 2.24) is 5.32 Å². The highest BCUT2D eigenvalue weighted by molar-refractivity contribution is 7.85. The zero-order valence-electron chi connectivity index (χ0n) is 12.8. The van der Waals surface area contributed by atoms with Crippen LogP contribution in [-0.4, -0.2) is 21.8 Å². The van der Waals surface area contributed by atoms with Gasteiger partial charge in [0.2, 0.25) is 0 Å². The maximum atomic E-state index is 12.1. The van der Waals surface area contributed by atoms with Crippen LogP contribution in [0.15, 0.2) is 18.2 Å². The van der Waals surface area contributed by atoms with Crippen molar-refractivity contribution in [2.24, 2.45) is 0 Å². The average Bonchev–Trinajstić information content (AvgIpc) is 2.32. The van der Waals surface area contributed by atoms with E-state index in [0.29, 0.717) is 5.75 Å². The molecule has 0 heterocycles. The zero-order chi connectivity index (χ0) is 14.4. The quantitative estimate of drug-likeness (QED) is 0.829. The van der Waals surface area contributed by atoms with E-state index >= 15 is 0 Å². The van der Waals surface area contributed by atoms with Crippen molar-refractivity contribution in [3.05, 3.63) is 34.9 Å². The van der Waals surface area contributed by atoms with E-state index in [4.69, 9.17) is 0 Å². The number of nitrogens with one attached hydrogen (secondary N) is 1. The molecule has 1 aromatic carbocycles. The lowest BCUT2D eigenvalue weighted by atomic mass is 10.0. The van der Waals surface area contributed by atoms with Crippen LogP contribution in [0.25, 0.3) is 0 Å². The first-order valence-electron chi connectivity index (χ1n) is 7.12. The Labute approximate surface area is 120 Å². The number of hydrogen-bond donors (Lipinski definition) is 1. The Bertz CT molecular complexity index is 409. The summed E-state index contributed by atoms with van der Waals surface area (Å²) in [4.78, 5) is 0. The van der Waals surface area contributed by atoms with Crippen molar-refractivity contribution in [1.29, 1.82) is 0 Å². The van der Waals surface area contributed by atoms with Crippen molar-refractivity contribution in [3.63, 3.8) is 0 Å². The minimum atomic E-state index is -0.782. The van der Waals surface area contributed by atoms with Gasteiger partial charge in [0.25, 0.3) is 0 Å². The molecule has 0 fully saturated rings. The Morgan fingerprint density at radius 3 is 2.21 bits per heavy atom. The van der Waals surface area contributed by atoms with Crippen molar-refractivity contribution < 1.29 is 4.21 Å². The van der Waals surface area contributed by atoms with Crippen LogP contribution in [0.3, 0.4) is 0 Å². The summed E-state index contributed by atoms with van der Waals surface area (Å²) in [5.41, 5.74) is 3.81. The van der Waals surface area contributed by atoms with Gasteiger partial charge in [0, 0.05) is 27.8 Å². The summed E-state index contributed by atoms with van der Waals surface area (Å²) in [6.45, 7) is 11.4. The fourth-order valence-corrected chi connectivity index (χ4v) is 3.18. The molecule has 2 unspecified atom stereocenters. The first-order chi connectivity index (χ1) is 8.93. The van der Waals surface area contributed by atoms with Gasteiger partial charge in [0.1, 0.15) is 0 Å². The first kappa shape index (κ1) is 16.4. The Morgan fingerprint density at radius 1 is 1.16 bits per heavy atom. The molecule has 1 N–H and O–H groups in total. The molecule has 0 saturated heterocycles. The third-order valence-corrected chi connectivity index (χ3v) is 4.86. The fourth-order valence-electron chi connectivity index (χ4n) is 2.16. The first-order valence-corrected chi connectivity index (χ1v) is 8.51. The monoisotopic (exact) mass is 281 g/mol. The van der Waals surface area contributed by atoms with E-state index in [0.717, 1.165) is 13.0 Å². The van der Waals surface area contributed by atoms with Crippen LogP contribution in [-0.2, 0) is 10.8 Å². The standard InChI is InChI=1S/C16H27NOS/c1-6-7-17-16(11-19(18)12(2)3)15-9-13(4)8-14(5)10-15/h8-10,12,16-17H,6-7,11H2,1-5H3. The van der Waals surface area contributed by atoms with Gasteiger partial charge in [-0.25, -0.2) is 0 Å². The average molecular weight is 281 g/mol.